The minimum atomic E-state index is 0.492. The van der Waals surface area contributed by atoms with E-state index in [9.17, 15) is 0 Å². The highest BCUT2D eigenvalue weighted by Crippen LogP contribution is 2.23. The zero-order chi connectivity index (χ0) is 13.3. The van der Waals surface area contributed by atoms with Gasteiger partial charge >= 0.3 is 0 Å². The minimum absolute atomic E-state index is 0.492. The summed E-state index contributed by atoms with van der Waals surface area (Å²) >= 11 is 0. The summed E-state index contributed by atoms with van der Waals surface area (Å²) in [5.41, 5.74) is 0.492. The standard InChI is InChI=1S/C16H35N/c1-7-12-17-15(13-14(3)8-2)10-9-11-16(4,5)6/h14-15,17H,7-13H2,1-6H3. The van der Waals surface area contributed by atoms with E-state index in [2.05, 4.69) is 46.9 Å². The van der Waals surface area contributed by atoms with Crippen LogP contribution in [0.4, 0.5) is 0 Å². The van der Waals surface area contributed by atoms with Gasteiger partial charge in [0, 0.05) is 6.04 Å². The molecular weight excluding hydrogens is 206 g/mol. The molecule has 0 bridgehead atoms. The van der Waals surface area contributed by atoms with Gasteiger partial charge in [0.2, 0.25) is 0 Å². The number of hydrogen-bond acceptors (Lipinski definition) is 1. The molecule has 1 nitrogen and oxygen atoms in total. The summed E-state index contributed by atoms with van der Waals surface area (Å²) < 4.78 is 0. The van der Waals surface area contributed by atoms with Gasteiger partial charge in [-0.2, -0.15) is 0 Å². The van der Waals surface area contributed by atoms with Crippen molar-refractivity contribution in [2.75, 3.05) is 6.54 Å². The second-order valence-electron chi connectivity index (χ2n) is 6.85. The third-order valence-electron chi connectivity index (χ3n) is 3.55. The van der Waals surface area contributed by atoms with Crippen molar-refractivity contribution in [2.45, 2.75) is 86.1 Å². The summed E-state index contributed by atoms with van der Waals surface area (Å²) in [7, 11) is 0. The van der Waals surface area contributed by atoms with Crippen LogP contribution in [0.1, 0.15) is 80.1 Å². The highest BCUT2D eigenvalue weighted by atomic mass is 14.9. The van der Waals surface area contributed by atoms with Crippen LogP contribution >= 0.6 is 0 Å². The second kappa shape index (κ2) is 8.97. The normalized spacial score (nSPS) is 15.9. The van der Waals surface area contributed by atoms with Gasteiger partial charge in [0.15, 0.2) is 0 Å². The maximum absolute atomic E-state index is 3.72. The lowest BCUT2D eigenvalue weighted by molar-refractivity contribution is 0.320. The average Bonchev–Trinajstić information content (AvgIpc) is 2.23. The van der Waals surface area contributed by atoms with Gasteiger partial charge in [-0.3, -0.25) is 0 Å². The monoisotopic (exact) mass is 241 g/mol. The van der Waals surface area contributed by atoms with Crippen LogP contribution in [-0.4, -0.2) is 12.6 Å². The van der Waals surface area contributed by atoms with E-state index in [1.54, 1.807) is 0 Å². The minimum Gasteiger partial charge on any atom is -0.314 e. The molecule has 2 atom stereocenters. The SMILES string of the molecule is CCCNC(CCCC(C)(C)C)CC(C)CC. The molecule has 1 heteroatoms. The molecule has 0 saturated carbocycles. The van der Waals surface area contributed by atoms with Gasteiger partial charge in [-0.05, 0) is 43.6 Å². The van der Waals surface area contributed by atoms with Crippen molar-refractivity contribution in [2.24, 2.45) is 11.3 Å². The van der Waals surface area contributed by atoms with Crippen molar-refractivity contribution < 1.29 is 0 Å². The lowest BCUT2D eigenvalue weighted by atomic mass is 9.87. The first-order valence-electron chi connectivity index (χ1n) is 7.62. The molecule has 17 heavy (non-hydrogen) atoms. The van der Waals surface area contributed by atoms with Gasteiger partial charge in [-0.15, -0.1) is 0 Å². The van der Waals surface area contributed by atoms with Crippen molar-refractivity contribution >= 4 is 0 Å². The molecule has 0 aromatic carbocycles. The van der Waals surface area contributed by atoms with Crippen molar-refractivity contribution in [3.63, 3.8) is 0 Å². The molecule has 0 fully saturated rings. The zero-order valence-electron chi connectivity index (χ0n) is 13.1. The Bertz CT molecular complexity index is 169. The lowest BCUT2D eigenvalue weighted by Gasteiger charge is -2.24. The van der Waals surface area contributed by atoms with Crippen molar-refractivity contribution in [1.82, 2.24) is 5.32 Å². The van der Waals surface area contributed by atoms with Crippen molar-refractivity contribution in [3.05, 3.63) is 0 Å². The Morgan fingerprint density at radius 2 is 1.76 bits per heavy atom. The van der Waals surface area contributed by atoms with Crippen LogP contribution in [-0.2, 0) is 0 Å². The quantitative estimate of drug-likeness (QED) is 0.598. The van der Waals surface area contributed by atoms with E-state index in [1.807, 2.05) is 0 Å². The second-order valence-corrected chi connectivity index (χ2v) is 6.85. The molecule has 0 aromatic rings. The number of rotatable bonds is 9. The largest absolute Gasteiger partial charge is 0.314 e. The fourth-order valence-corrected chi connectivity index (χ4v) is 2.18. The predicted molar refractivity (Wildman–Crippen MR) is 79.5 cm³/mol. The van der Waals surface area contributed by atoms with Crippen LogP contribution in [0.25, 0.3) is 0 Å². The van der Waals surface area contributed by atoms with Gasteiger partial charge in [-0.1, -0.05) is 54.4 Å². The fraction of sp³-hybridized carbons (Fsp3) is 1.00. The van der Waals surface area contributed by atoms with Gasteiger partial charge < -0.3 is 5.32 Å². The highest BCUT2D eigenvalue weighted by Gasteiger charge is 2.14. The van der Waals surface area contributed by atoms with Gasteiger partial charge in [-0.25, -0.2) is 0 Å². The highest BCUT2D eigenvalue weighted by molar-refractivity contribution is 4.71. The molecular formula is C16H35N. The predicted octanol–water partition coefficient (Wildman–Crippen LogP) is 5.01. The van der Waals surface area contributed by atoms with Crippen molar-refractivity contribution in [3.8, 4) is 0 Å². The van der Waals surface area contributed by atoms with E-state index in [0.717, 1.165) is 12.0 Å². The fourth-order valence-electron chi connectivity index (χ4n) is 2.18. The lowest BCUT2D eigenvalue weighted by Crippen LogP contribution is -2.31. The molecule has 0 amide bonds. The molecule has 0 saturated heterocycles. The molecule has 0 rings (SSSR count). The Morgan fingerprint density at radius 1 is 1.12 bits per heavy atom. The van der Waals surface area contributed by atoms with Crippen molar-refractivity contribution in [1.29, 1.82) is 0 Å². The Morgan fingerprint density at radius 3 is 2.24 bits per heavy atom. The first kappa shape index (κ1) is 17.0. The number of nitrogens with one attached hydrogen (secondary N) is 1. The van der Waals surface area contributed by atoms with Crippen LogP contribution in [0.5, 0.6) is 0 Å². The molecule has 0 aromatic heterocycles. The molecule has 104 valence electrons. The Hall–Kier alpha value is -0.0400. The Balaban J connectivity index is 3.92. The first-order chi connectivity index (χ1) is 7.89. The molecule has 2 unspecified atom stereocenters. The first-order valence-corrected chi connectivity index (χ1v) is 7.62. The van der Waals surface area contributed by atoms with Gasteiger partial charge in [0.05, 0.1) is 0 Å². The van der Waals surface area contributed by atoms with E-state index in [1.165, 1.54) is 45.1 Å². The topological polar surface area (TPSA) is 12.0 Å². The molecule has 0 aliphatic carbocycles. The average molecular weight is 241 g/mol. The van der Waals surface area contributed by atoms with Crippen LogP contribution < -0.4 is 5.32 Å². The molecule has 0 aliphatic heterocycles. The zero-order valence-corrected chi connectivity index (χ0v) is 13.1. The van der Waals surface area contributed by atoms with E-state index in [0.29, 0.717) is 5.41 Å². The summed E-state index contributed by atoms with van der Waals surface area (Å²) in [4.78, 5) is 0. The molecule has 0 spiro atoms. The van der Waals surface area contributed by atoms with E-state index in [-0.39, 0.29) is 0 Å². The van der Waals surface area contributed by atoms with E-state index >= 15 is 0 Å². The molecule has 0 radical (unpaired) electrons. The van der Waals surface area contributed by atoms with Crippen LogP contribution in [0.3, 0.4) is 0 Å². The van der Waals surface area contributed by atoms with Crippen LogP contribution in [0, 0.1) is 11.3 Å². The van der Waals surface area contributed by atoms with Crippen LogP contribution in [0.15, 0.2) is 0 Å². The third-order valence-corrected chi connectivity index (χ3v) is 3.55. The van der Waals surface area contributed by atoms with E-state index in [4.69, 9.17) is 0 Å². The van der Waals surface area contributed by atoms with Gasteiger partial charge in [0.1, 0.15) is 0 Å². The summed E-state index contributed by atoms with van der Waals surface area (Å²) in [5, 5.41) is 3.72. The Labute approximate surface area is 110 Å². The third kappa shape index (κ3) is 10.8. The molecule has 0 aliphatic rings. The van der Waals surface area contributed by atoms with Gasteiger partial charge in [0.25, 0.3) is 0 Å². The maximum Gasteiger partial charge on any atom is 0.00695 e. The summed E-state index contributed by atoms with van der Waals surface area (Å²) in [6, 6.07) is 0.743. The molecule has 1 N–H and O–H groups in total. The number of hydrogen-bond donors (Lipinski definition) is 1. The maximum atomic E-state index is 3.72. The summed E-state index contributed by atoms with van der Waals surface area (Å²) in [6.07, 6.45) is 7.96. The summed E-state index contributed by atoms with van der Waals surface area (Å²) in [6.45, 7) is 15.1. The smallest absolute Gasteiger partial charge is 0.00695 e. The van der Waals surface area contributed by atoms with Crippen LogP contribution in [0.2, 0.25) is 0 Å². The Kier molecular flexibility index (Phi) is 8.94. The summed E-state index contributed by atoms with van der Waals surface area (Å²) in [5.74, 6) is 0.860. The molecule has 0 heterocycles. The van der Waals surface area contributed by atoms with E-state index < -0.39 is 0 Å².